The van der Waals surface area contributed by atoms with Crippen LogP contribution in [0.3, 0.4) is 0 Å². The fourth-order valence-electron chi connectivity index (χ4n) is 2.23. The number of anilines is 2. The molecule has 0 fully saturated rings. The molecule has 2 N–H and O–H groups in total. The highest BCUT2D eigenvalue weighted by Crippen LogP contribution is 2.29. The van der Waals surface area contributed by atoms with Gasteiger partial charge in [-0.25, -0.2) is 0 Å². The monoisotopic (exact) mass is 330 g/mol. The lowest BCUT2D eigenvalue weighted by atomic mass is 10.2. The lowest BCUT2D eigenvalue weighted by Crippen LogP contribution is -2.22. The number of hydrogen-bond acceptors (Lipinski definition) is 5. The predicted octanol–water partition coefficient (Wildman–Crippen LogP) is 3.07. The van der Waals surface area contributed by atoms with Gasteiger partial charge in [0.1, 0.15) is 17.2 Å². The van der Waals surface area contributed by atoms with E-state index in [1.54, 1.807) is 39.5 Å². The van der Waals surface area contributed by atoms with Gasteiger partial charge in [-0.1, -0.05) is 6.07 Å². The molecule has 0 saturated heterocycles. The summed E-state index contributed by atoms with van der Waals surface area (Å²) < 4.78 is 15.7. The normalized spacial score (nSPS) is 10.0. The minimum atomic E-state index is -0.184. The van der Waals surface area contributed by atoms with E-state index < -0.39 is 0 Å². The fraction of sp³-hybridized carbons (Fsp3) is 0.278. The third kappa shape index (κ3) is 4.32. The first kappa shape index (κ1) is 17.5. The molecule has 2 aromatic rings. The van der Waals surface area contributed by atoms with E-state index in [1.165, 1.54) is 0 Å². The highest BCUT2D eigenvalue weighted by atomic mass is 16.5. The first-order valence-electron chi connectivity index (χ1n) is 7.47. The third-order valence-electron chi connectivity index (χ3n) is 3.48. The van der Waals surface area contributed by atoms with Crippen molar-refractivity contribution in [3.63, 3.8) is 0 Å². The lowest BCUT2D eigenvalue weighted by molar-refractivity contribution is -0.114. The zero-order valence-electron chi connectivity index (χ0n) is 14.3. The van der Waals surface area contributed by atoms with E-state index >= 15 is 0 Å². The Bertz CT molecular complexity index is 716. The van der Waals surface area contributed by atoms with Crippen LogP contribution in [-0.4, -0.2) is 33.8 Å². The second kappa shape index (κ2) is 8.10. The summed E-state index contributed by atoms with van der Waals surface area (Å²) in [6.45, 7) is 2.05. The Labute approximate surface area is 141 Å². The maximum atomic E-state index is 12.2. The quantitative estimate of drug-likeness (QED) is 0.816. The van der Waals surface area contributed by atoms with Gasteiger partial charge >= 0.3 is 0 Å². The molecule has 0 aliphatic heterocycles. The Morgan fingerprint density at radius 3 is 2.33 bits per heavy atom. The Balaban J connectivity index is 2.02. The summed E-state index contributed by atoms with van der Waals surface area (Å²) in [6.07, 6.45) is 0. The summed E-state index contributed by atoms with van der Waals surface area (Å²) in [5.41, 5.74) is 2.39. The molecule has 0 aromatic heterocycles. The van der Waals surface area contributed by atoms with Crippen molar-refractivity contribution in [2.24, 2.45) is 0 Å². The molecular formula is C18H22N2O4. The van der Waals surface area contributed by atoms with Gasteiger partial charge in [-0.3, -0.25) is 4.79 Å². The molecule has 2 rings (SSSR count). The van der Waals surface area contributed by atoms with E-state index in [4.69, 9.17) is 14.2 Å². The van der Waals surface area contributed by atoms with Crippen molar-refractivity contribution in [1.82, 2.24) is 0 Å². The summed E-state index contributed by atoms with van der Waals surface area (Å²) in [7, 11) is 4.73. The number of rotatable bonds is 7. The topological polar surface area (TPSA) is 68.8 Å². The van der Waals surface area contributed by atoms with Crippen LogP contribution in [0.4, 0.5) is 11.4 Å². The van der Waals surface area contributed by atoms with Crippen molar-refractivity contribution in [2.75, 3.05) is 38.5 Å². The van der Waals surface area contributed by atoms with Gasteiger partial charge in [0, 0.05) is 6.07 Å². The SMILES string of the molecule is COc1ccc(NCC(=O)Nc2cc(C)ccc2OC)c(OC)c1. The molecule has 1 amide bonds. The van der Waals surface area contributed by atoms with Crippen molar-refractivity contribution >= 4 is 17.3 Å². The standard InChI is InChI=1S/C18H22N2O4/c1-12-5-8-16(23-3)15(9-12)20-18(21)11-19-14-7-6-13(22-2)10-17(14)24-4/h5-10,19H,11H2,1-4H3,(H,20,21). The maximum Gasteiger partial charge on any atom is 0.243 e. The van der Waals surface area contributed by atoms with Crippen LogP contribution in [0.1, 0.15) is 5.56 Å². The summed E-state index contributed by atoms with van der Waals surface area (Å²) in [5, 5.41) is 5.89. The number of aryl methyl sites for hydroxylation is 1. The van der Waals surface area contributed by atoms with E-state index in [0.29, 0.717) is 28.6 Å². The molecule has 0 aliphatic carbocycles. The Morgan fingerprint density at radius 1 is 0.917 bits per heavy atom. The van der Waals surface area contributed by atoms with Gasteiger partial charge in [0.05, 0.1) is 39.2 Å². The number of amides is 1. The average molecular weight is 330 g/mol. The molecule has 0 unspecified atom stereocenters. The Hall–Kier alpha value is -2.89. The lowest BCUT2D eigenvalue weighted by Gasteiger charge is -2.14. The summed E-state index contributed by atoms with van der Waals surface area (Å²) in [6, 6.07) is 11.0. The van der Waals surface area contributed by atoms with Crippen molar-refractivity contribution in [2.45, 2.75) is 6.92 Å². The summed E-state index contributed by atoms with van der Waals surface area (Å²) >= 11 is 0. The second-order valence-electron chi connectivity index (χ2n) is 5.17. The number of ether oxygens (including phenoxy) is 3. The Morgan fingerprint density at radius 2 is 1.67 bits per heavy atom. The van der Waals surface area contributed by atoms with Crippen LogP contribution in [0.15, 0.2) is 36.4 Å². The number of hydrogen-bond donors (Lipinski definition) is 2. The molecule has 2 aromatic carbocycles. The molecule has 0 bridgehead atoms. The molecule has 0 radical (unpaired) electrons. The summed E-state index contributed by atoms with van der Waals surface area (Å²) in [4.78, 5) is 12.2. The van der Waals surface area contributed by atoms with Gasteiger partial charge in [0.25, 0.3) is 0 Å². The van der Waals surface area contributed by atoms with Crippen LogP contribution in [-0.2, 0) is 4.79 Å². The highest BCUT2D eigenvalue weighted by molar-refractivity contribution is 5.95. The van der Waals surface area contributed by atoms with Crippen LogP contribution < -0.4 is 24.8 Å². The molecule has 0 atom stereocenters. The molecule has 0 saturated carbocycles. The largest absolute Gasteiger partial charge is 0.497 e. The second-order valence-corrected chi connectivity index (χ2v) is 5.17. The zero-order chi connectivity index (χ0) is 17.5. The molecular weight excluding hydrogens is 308 g/mol. The van der Waals surface area contributed by atoms with Crippen LogP contribution in [0, 0.1) is 6.92 Å². The van der Waals surface area contributed by atoms with E-state index in [-0.39, 0.29) is 12.5 Å². The van der Waals surface area contributed by atoms with Crippen molar-refractivity contribution in [1.29, 1.82) is 0 Å². The van der Waals surface area contributed by atoms with Crippen molar-refractivity contribution < 1.29 is 19.0 Å². The zero-order valence-corrected chi connectivity index (χ0v) is 14.3. The molecule has 6 nitrogen and oxygen atoms in total. The minimum Gasteiger partial charge on any atom is -0.497 e. The van der Waals surface area contributed by atoms with E-state index in [0.717, 1.165) is 5.56 Å². The van der Waals surface area contributed by atoms with Crippen LogP contribution in [0.25, 0.3) is 0 Å². The van der Waals surface area contributed by atoms with E-state index in [1.807, 2.05) is 25.1 Å². The molecule has 128 valence electrons. The first-order chi connectivity index (χ1) is 11.6. The molecule has 24 heavy (non-hydrogen) atoms. The van der Waals surface area contributed by atoms with Crippen molar-refractivity contribution in [3.05, 3.63) is 42.0 Å². The average Bonchev–Trinajstić information content (AvgIpc) is 2.60. The van der Waals surface area contributed by atoms with Gasteiger partial charge in [-0.15, -0.1) is 0 Å². The molecule has 0 heterocycles. The fourth-order valence-corrected chi connectivity index (χ4v) is 2.23. The third-order valence-corrected chi connectivity index (χ3v) is 3.48. The van der Waals surface area contributed by atoms with E-state index in [9.17, 15) is 4.79 Å². The molecule has 6 heteroatoms. The van der Waals surface area contributed by atoms with E-state index in [2.05, 4.69) is 10.6 Å². The maximum absolute atomic E-state index is 12.2. The van der Waals surface area contributed by atoms with Crippen LogP contribution in [0.2, 0.25) is 0 Å². The molecule has 0 aliphatic rings. The van der Waals surface area contributed by atoms with Gasteiger partial charge in [0.15, 0.2) is 0 Å². The summed E-state index contributed by atoms with van der Waals surface area (Å²) in [5.74, 6) is 1.73. The van der Waals surface area contributed by atoms with Crippen LogP contribution in [0.5, 0.6) is 17.2 Å². The smallest absolute Gasteiger partial charge is 0.243 e. The van der Waals surface area contributed by atoms with Crippen LogP contribution >= 0.6 is 0 Å². The van der Waals surface area contributed by atoms with Gasteiger partial charge in [-0.2, -0.15) is 0 Å². The predicted molar refractivity (Wildman–Crippen MR) is 94.4 cm³/mol. The number of carbonyl (C=O) groups excluding carboxylic acids is 1. The highest BCUT2D eigenvalue weighted by Gasteiger charge is 2.10. The van der Waals surface area contributed by atoms with Gasteiger partial charge in [-0.05, 0) is 36.8 Å². The molecule has 0 spiro atoms. The number of methoxy groups -OCH3 is 3. The first-order valence-corrected chi connectivity index (χ1v) is 7.47. The van der Waals surface area contributed by atoms with Crippen molar-refractivity contribution in [3.8, 4) is 17.2 Å². The number of carbonyl (C=O) groups is 1. The minimum absolute atomic E-state index is 0.0970. The van der Waals surface area contributed by atoms with Gasteiger partial charge < -0.3 is 24.8 Å². The number of nitrogens with one attached hydrogen (secondary N) is 2. The van der Waals surface area contributed by atoms with Gasteiger partial charge in [0.2, 0.25) is 5.91 Å². The number of benzene rings is 2. The Kier molecular flexibility index (Phi) is 5.89.